The number of nitrogens with one attached hydrogen (secondary N) is 1. The fourth-order valence-corrected chi connectivity index (χ4v) is 1.91. The van der Waals surface area contributed by atoms with Gasteiger partial charge in [0.1, 0.15) is 5.82 Å². The van der Waals surface area contributed by atoms with Crippen molar-refractivity contribution >= 4 is 5.82 Å². The van der Waals surface area contributed by atoms with E-state index < -0.39 is 11.7 Å². The lowest BCUT2D eigenvalue weighted by molar-refractivity contribution is -0.137. The molecule has 2 aromatic rings. The number of ether oxygens (including phenoxy) is 2. The maximum atomic E-state index is 13.1. The first kappa shape index (κ1) is 11.7. The Balaban J connectivity index is 2.25. The number of nitrogens with two attached hydrogens (primary N) is 1. The lowest BCUT2D eigenvalue weighted by Crippen LogP contribution is -2.07. The smallest absolute Gasteiger partial charge is 0.417 e. The van der Waals surface area contributed by atoms with Crippen molar-refractivity contribution in [3.63, 3.8) is 0 Å². The molecule has 3 rings (SSSR count). The van der Waals surface area contributed by atoms with Gasteiger partial charge in [-0.25, -0.2) is 0 Å². The summed E-state index contributed by atoms with van der Waals surface area (Å²) in [6.45, 7) is -0.100. The van der Waals surface area contributed by atoms with Crippen molar-refractivity contribution in [1.29, 1.82) is 0 Å². The van der Waals surface area contributed by atoms with Crippen LogP contribution in [0, 0.1) is 0 Å². The monoisotopic (exact) mass is 271 g/mol. The van der Waals surface area contributed by atoms with E-state index in [1.165, 1.54) is 12.3 Å². The molecule has 0 spiro atoms. The van der Waals surface area contributed by atoms with Gasteiger partial charge in [-0.2, -0.15) is 18.3 Å². The largest absolute Gasteiger partial charge is 0.454 e. The number of aromatic amines is 1. The number of aromatic nitrogens is 2. The number of alkyl halides is 3. The van der Waals surface area contributed by atoms with Crippen LogP contribution in [0.2, 0.25) is 0 Å². The number of nitrogen functional groups attached to an aromatic ring is 1. The summed E-state index contributed by atoms with van der Waals surface area (Å²) in [6.07, 6.45) is -3.29. The fourth-order valence-electron chi connectivity index (χ4n) is 1.91. The topological polar surface area (TPSA) is 73.2 Å². The molecule has 0 radical (unpaired) electrons. The number of anilines is 1. The van der Waals surface area contributed by atoms with Gasteiger partial charge in [-0.05, 0) is 12.1 Å². The zero-order valence-electron chi connectivity index (χ0n) is 9.41. The fraction of sp³-hybridized carbons (Fsp3) is 0.182. The molecule has 8 heteroatoms. The summed E-state index contributed by atoms with van der Waals surface area (Å²) in [6, 6.07) is 2.16. The third-order valence-corrected chi connectivity index (χ3v) is 2.78. The van der Waals surface area contributed by atoms with E-state index in [1.807, 2.05) is 0 Å². The molecule has 1 aromatic heterocycles. The van der Waals surface area contributed by atoms with Gasteiger partial charge in [0, 0.05) is 11.1 Å². The lowest BCUT2D eigenvalue weighted by atomic mass is 10.0. The van der Waals surface area contributed by atoms with Gasteiger partial charge in [0.25, 0.3) is 0 Å². The molecule has 100 valence electrons. The van der Waals surface area contributed by atoms with Crippen LogP contribution in [0.1, 0.15) is 5.56 Å². The average Bonchev–Trinajstić information content (AvgIpc) is 2.93. The minimum absolute atomic E-state index is 0.0596. The van der Waals surface area contributed by atoms with Gasteiger partial charge in [0.05, 0.1) is 11.8 Å². The number of halogens is 3. The summed E-state index contributed by atoms with van der Waals surface area (Å²) in [5.41, 5.74) is 4.81. The van der Waals surface area contributed by atoms with Crippen LogP contribution in [-0.4, -0.2) is 17.0 Å². The van der Waals surface area contributed by atoms with Gasteiger partial charge in [-0.15, -0.1) is 0 Å². The molecule has 0 amide bonds. The Hall–Kier alpha value is -2.38. The molecule has 0 saturated carbocycles. The first-order chi connectivity index (χ1) is 8.97. The third-order valence-electron chi connectivity index (χ3n) is 2.78. The molecule has 2 heterocycles. The first-order valence-corrected chi connectivity index (χ1v) is 5.27. The van der Waals surface area contributed by atoms with E-state index >= 15 is 0 Å². The van der Waals surface area contributed by atoms with Gasteiger partial charge in [-0.3, -0.25) is 5.10 Å². The second-order valence-electron chi connectivity index (χ2n) is 3.95. The minimum atomic E-state index is -4.53. The maximum absolute atomic E-state index is 13.1. The SMILES string of the molecule is Nc1[nH]ncc1-c1cc2c(cc1C(F)(F)F)OCO2. The summed E-state index contributed by atoms with van der Waals surface area (Å²) in [4.78, 5) is 0. The van der Waals surface area contributed by atoms with Gasteiger partial charge in [0.15, 0.2) is 11.5 Å². The normalized spacial score (nSPS) is 13.8. The highest BCUT2D eigenvalue weighted by molar-refractivity contribution is 5.78. The van der Waals surface area contributed by atoms with E-state index in [0.717, 1.165) is 6.07 Å². The number of rotatable bonds is 1. The molecule has 0 bridgehead atoms. The van der Waals surface area contributed by atoms with Crippen molar-refractivity contribution < 1.29 is 22.6 Å². The Morgan fingerprint density at radius 2 is 1.84 bits per heavy atom. The van der Waals surface area contributed by atoms with Crippen molar-refractivity contribution in [2.75, 3.05) is 12.5 Å². The molecule has 0 aliphatic carbocycles. The Kier molecular flexibility index (Phi) is 2.34. The molecular formula is C11H8F3N3O2. The van der Waals surface area contributed by atoms with Crippen LogP contribution in [0.4, 0.5) is 19.0 Å². The van der Waals surface area contributed by atoms with Crippen LogP contribution in [0.5, 0.6) is 11.5 Å². The van der Waals surface area contributed by atoms with Crippen molar-refractivity contribution in [3.8, 4) is 22.6 Å². The minimum Gasteiger partial charge on any atom is -0.454 e. The van der Waals surface area contributed by atoms with Crippen LogP contribution in [0.25, 0.3) is 11.1 Å². The Morgan fingerprint density at radius 3 is 2.42 bits per heavy atom. The number of hydrogen-bond donors (Lipinski definition) is 2. The molecule has 5 nitrogen and oxygen atoms in total. The number of hydrogen-bond acceptors (Lipinski definition) is 4. The van der Waals surface area contributed by atoms with E-state index in [2.05, 4.69) is 10.2 Å². The summed E-state index contributed by atoms with van der Waals surface area (Å²) in [5, 5.41) is 6.03. The number of fused-ring (bicyclic) bond motifs is 1. The van der Waals surface area contributed by atoms with Crippen LogP contribution < -0.4 is 15.2 Å². The molecule has 0 unspecified atom stereocenters. The summed E-state index contributed by atoms with van der Waals surface area (Å²) >= 11 is 0. The number of H-pyrrole nitrogens is 1. The Bertz CT molecular complexity index is 637. The summed E-state index contributed by atoms with van der Waals surface area (Å²) < 4.78 is 49.3. The van der Waals surface area contributed by atoms with Crippen LogP contribution >= 0.6 is 0 Å². The zero-order valence-corrected chi connectivity index (χ0v) is 9.41. The second-order valence-corrected chi connectivity index (χ2v) is 3.95. The molecule has 0 saturated heterocycles. The summed E-state index contributed by atoms with van der Waals surface area (Å²) in [7, 11) is 0. The predicted molar refractivity (Wildman–Crippen MR) is 59.6 cm³/mol. The lowest BCUT2D eigenvalue weighted by Gasteiger charge is -2.13. The number of nitrogens with zero attached hydrogens (tertiary/aromatic N) is 1. The van der Waals surface area contributed by atoms with Crippen LogP contribution in [0.15, 0.2) is 18.3 Å². The summed E-state index contributed by atoms with van der Waals surface area (Å²) in [5.74, 6) is 0.381. The molecule has 3 N–H and O–H groups in total. The van der Waals surface area contributed by atoms with Crippen molar-refractivity contribution in [1.82, 2.24) is 10.2 Å². The maximum Gasteiger partial charge on any atom is 0.417 e. The molecule has 1 aliphatic heterocycles. The molecule has 19 heavy (non-hydrogen) atoms. The third kappa shape index (κ3) is 1.85. The quantitative estimate of drug-likeness (QED) is 0.835. The predicted octanol–water partition coefficient (Wildman–Crippen LogP) is 2.41. The zero-order chi connectivity index (χ0) is 13.6. The van der Waals surface area contributed by atoms with E-state index in [-0.39, 0.29) is 35.2 Å². The highest BCUT2D eigenvalue weighted by atomic mass is 19.4. The van der Waals surface area contributed by atoms with Crippen LogP contribution in [0.3, 0.4) is 0 Å². The Labute approximate surface area is 105 Å². The van der Waals surface area contributed by atoms with Crippen molar-refractivity contribution in [3.05, 3.63) is 23.9 Å². The van der Waals surface area contributed by atoms with Gasteiger partial charge in [-0.1, -0.05) is 0 Å². The number of benzene rings is 1. The van der Waals surface area contributed by atoms with Crippen molar-refractivity contribution in [2.24, 2.45) is 0 Å². The molecular weight excluding hydrogens is 263 g/mol. The van der Waals surface area contributed by atoms with Crippen LogP contribution in [-0.2, 0) is 6.18 Å². The standard InChI is InChI=1S/C11H8F3N3O2/c12-11(13,14)7-2-9-8(18-4-19-9)1-5(7)6-3-16-17-10(6)15/h1-3H,4H2,(H3,15,16,17). The highest BCUT2D eigenvalue weighted by Gasteiger charge is 2.36. The van der Waals surface area contributed by atoms with E-state index in [0.29, 0.717) is 0 Å². The first-order valence-electron chi connectivity index (χ1n) is 5.27. The molecule has 0 fully saturated rings. The van der Waals surface area contributed by atoms with Gasteiger partial charge >= 0.3 is 6.18 Å². The molecule has 0 atom stereocenters. The van der Waals surface area contributed by atoms with E-state index in [4.69, 9.17) is 15.2 Å². The van der Waals surface area contributed by atoms with Crippen molar-refractivity contribution in [2.45, 2.75) is 6.18 Å². The Morgan fingerprint density at radius 1 is 1.16 bits per heavy atom. The molecule has 1 aliphatic rings. The van der Waals surface area contributed by atoms with E-state index in [9.17, 15) is 13.2 Å². The highest BCUT2D eigenvalue weighted by Crippen LogP contribution is 2.45. The van der Waals surface area contributed by atoms with E-state index in [1.54, 1.807) is 0 Å². The molecule has 1 aromatic carbocycles. The van der Waals surface area contributed by atoms with Gasteiger partial charge in [0.2, 0.25) is 6.79 Å². The average molecular weight is 271 g/mol. The van der Waals surface area contributed by atoms with Gasteiger partial charge < -0.3 is 15.2 Å². The second kappa shape index (κ2) is 3.81.